The molecule has 2 N–H and O–H groups in total. The number of hydrogen-bond donors (Lipinski definition) is 2. The van der Waals surface area contributed by atoms with Crippen molar-refractivity contribution in [1.82, 2.24) is 10.3 Å². The third-order valence-corrected chi connectivity index (χ3v) is 4.48. The Balaban J connectivity index is 1.87. The molecule has 0 bridgehead atoms. The summed E-state index contributed by atoms with van der Waals surface area (Å²) in [4.78, 5) is 26.8. The Hall–Kier alpha value is -1.73. The number of nitrogens with zero attached hydrogens (tertiary/aromatic N) is 1. The zero-order valence-electron chi connectivity index (χ0n) is 11.5. The van der Waals surface area contributed by atoms with Gasteiger partial charge in [0.05, 0.1) is 0 Å². The first kappa shape index (κ1) is 15.7. The lowest BCUT2D eigenvalue weighted by atomic mass is 10.1. The van der Waals surface area contributed by atoms with Crippen LogP contribution >= 0.6 is 22.7 Å². The van der Waals surface area contributed by atoms with Gasteiger partial charge in [0, 0.05) is 28.8 Å². The van der Waals surface area contributed by atoms with Crippen LogP contribution in [0.1, 0.15) is 36.7 Å². The van der Waals surface area contributed by atoms with E-state index in [0.717, 1.165) is 10.6 Å². The number of aliphatic carboxylic acids is 1. The van der Waals surface area contributed by atoms with Crippen molar-refractivity contribution < 1.29 is 14.7 Å². The molecule has 2 aromatic heterocycles. The normalized spacial score (nSPS) is 12.0. The second-order valence-electron chi connectivity index (χ2n) is 4.71. The molecular weight excluding hydrogens is 308 g/mol. The summed E-state index contributed by atoms with van der Waals surface area (Å²) in [6.07, 6.45) is 1.31. The van der Waals surface area contributed by atoms with Crippen molar-refractivity contribution in [3.05, 3.63) is 27.9 Å². The summed E-state index contributed by atoms with van der Waals surface area (Å²) >= 11 is 3.03. The Labute approximate surface area is 130 Å². The average molecular weight is 324 g/mol. The van der Waals surface area contributed by atoms with Crippen LogP contribution in [-0.2, 0) is 4.79 Å². The van der Waals surface area contributed by atoms with E-state index in [9.17, 15) is 9.59 Å². The molecule has 0 aliphatic rings. The minimum absolute atomic E-state index is 0.0665. The van der Waals surface area contributed by atoms with Gasteiger partial charge < -0.3 is 10.4 Å². The van der Waals surface area contributed by atoms with Crippen molar-refractivity contribution in [3.8, 4) is 10.6 Å². The molecule has 2 aromatic rings. The number of amides is 1. The van der Waals surface area contributed by atoms with Gasteiger partial charge in [-0.2, -0.15) is 11.3 Å². The maximum Gasteiger partial charge on any atom is 0.303 e. The first-order valence-corrected chi connectivity index (χ1v) is 8.39. The number of aromatic nitrogens is 1. The summed E-state index contributed by atoms with van der Waals surface area (Å²) in [5, 5.41) is 18.0. The molecule has 0 aliphatic heterocycles. The Bertz CT molecular complexity index is 608. The topological polar surface area (TPSA) is 79.3 Å². The van der Waals surface area contributed by atoms with E-state index >= 15 is 0 Å². The second-order valence-corrected chi connectivity index (χ2v) is 6.35. The molecule has 7 heteroatoms. The monoisotopic (exact) mass is 324 g/mol. The van der Waals surface area contributed by atoms with E-state index in [1.807, 2.05) is 23.8 Å². The first-order valence-electron chi connectivity index (χ1n) is 6.57. The standard InChI is InChI=1S/C14H16N2O3S2/c1-9(3-2-4-12(17)18)15-13(19)11-8-21-14(16-11)10-5-6-20-7-10/h5-9H,2-4H2,1H3,(H,15,19)(H,17,18). The van der Waals surface area contributed by atoms with Gasteiger partial charge in [-0.3, -0.25) is 9.59 Å². The van der Waals surface area contributed by atoms with Gasteiger partial charge in [-0.25, -0.2) is 4.98 Å². The summed E-state index contributed by atoms with van der Waals surface area (Å²) in [5.74, 6) is -1.02. The molecule has 0 aliphatic carbocycles. The van der Waals surface area contributed by atoms with Gasteiger partial charge in [0.25, 0.3) is 5.91 Å². The van der Waals surface area contributed by atoms with E-state index in [2.05, 4.69) is 10.3 Å². The maximum atomic E-state index is 12.1. The van der Waals surface area contributed by atoms with Crippen molar-refractivity contribution in [2.24, 2.45) is 0 Å². The zero-order chi connectivity index (χ0) is 15.2. The molecule has 0 saturated carbocycles. The molecule has 0 radical (unpaired) electrons. The van der Waals surface area contributed by atoms with Crippen LogP contribution in [0.15, 0.2) is 22.2 Å². The van der Waals surface area contributed by atoms with Gasteiger partial charge in [-0.05, 0) is 31.2 Å². The molecule has 1 amide bonds. The third kappa shape index (κ3) is 4.64. The highest BCUT2D eigenvalue weighted by atomic mass is 32.1. The predicted molar refractivity (Wildman–Crippen MR) is 83.8 cm³/mol. The fourth-order valence-electron chi connectivity index (χ4n) is 1.83. The van der Waals surface area contributed by atoms with E-state index in [0.29, 0.717) is 18.5 Å². The SMILES string of the molecule is CC(CCCC(=O)O)NC(=O)c1csc(-c2ccsc2)n1. The number of carboxylic acids is 1. The highest BCUT2D eigenvalue weighted by Gasteiger charge is 2.14. The molecule has 1 atom stereocenters. The van der Waals surface area contributed by atoms with Crippen molar-refractivity contribution in [2.45, 2.75) is 32.2 Å². The number of carbonyl (C=O) groups excluding carboxylic acids is 1. The van der Waals surface area contributed by atoms with Crippen LogP contribution in [0.2, 0.25) is 0 Å². The summed E-state index contributed by atoms with van der Waals surface area (Å²) in [7, 11) is 0. The molecule has 1 unspecified atom stereocenters. The number of hydrogen-bond acceptors (Lipinski definition) is 5. The van der Waals surface area contributed by atoms with Crippen LogP contribution in [0.3, 0.4) is 0 Å². The van der Waals surface area contributed by atoms with Crippen molar-refractivity contribution in [2.75, 3.05) is 0 Å². The van der Waals surface area contributed by atoms with E-state index in [4.69, 9.17) is 5.11 Å². The summed E-state index contributed by atoms with van der Waals surface area (Å²) in [6.45, 7) is 1.87. The minimum atomic E-state index is -0.812. The molecule has 0 saturated heterocycles. The van der Waals surface area contributed by atoms with E-state index in [1.165, 1.54) is 11.3 Å². The van der Waals surface area contributed by atoms with Crippen LogP contribution < -0.4 is 5.32 Å². The molecule has 0 spiro atoms. The average Bonchev–Trinajstić information content (AvgIpc) is 3.09. The lowest BCUT2D eigenvalue weighted by Crippen LogP contribution is -2.32. The maximum absolute atomic E-state index is 12.1. The van der Waals surface area contributed by atoms with Crippen LogP contribution in [0.4, 0.5) is 0 Å². The number of carbonyl (C=O) groups is 2. The Morgan fingerprint density at radius 2 is 2.24 bits per heavy atom. The molecule has 112 valence electrons. The van der Waals surface area contributed by atoms with Crippen LogP contribution in [0, 0.1) is 0 Å². The van der Waals surface area contributed by atoms with Crippen LogP contribution in [0.25, 0.3) is 10.6 Å². The van der Waals surface area contributed by atoms with Crippen molar-refractivity contribution in [1.29, 1.82) is 0 Å². The van der Waals surface area contributed by atoms with E-state index in [-0.39, 0.29) is 18.4 Å². The van der Waals surface area contributed by atoms with Crippen LogP contribution in [0.5, 0.6) is 0 Å². The lowest BCUT2D eigenvalue weighted by Gasteiger charge is -2.11. The molecule has 2 heterocycles. The van der Waals surface area contributed by atoms with E-state index < -0.39 is 5.97 Å². The lowest BCUT2D eigenvalue weighted by molar-refractivity contribution is -0.137. The predicted octanol–water partition coefficient (Wildman–Crippen LogP) is 3.24. The summed E-state index contributed by atoms with van der Waals surface area (Å²) in [6, 6.07) is 1.91. The minimum Gasteiger partial charge on any atom is -0.481 e. The zero-order valence-corrected chi connectivity index (χ0v) is 13.2. The number of thiophene rings is 1. The van der Waals surface area contributed by atoms with Gasteiger partial charge in [0.2, 0.25) is 0 Å². The third-order valence-electron chi connectivity index (χ3n) is 2.91. The largest absolute Gasteiger partial charge is 0.481 e. The molecule has 21 heavy (non-hydrogen) atoms. The Kier molecular flexibility index (Phi) is 5.46. The van der Waals surface area contributed by atoms with Gasteiger partial charge >= 0.3 is 5.97 Å². The quantitative estimate of drug-likeness (QED) is 0.819. The number of carboxylic acid groups (broad SMARTS) is 1. The van der Waals surface area contributed by atoms with Gasteiger partial charge in [0.15, 0.2) is 0 Å². The summed E-state index contributed by atoms with van der Waals surface area (Å²) < 4.78 is 0. The number of rotatable bonds is 7. The van der Waals surface area contributed by atoms with Crippen molar-refractivity contribution >= 4 is 34.6 Å². The van der Waals surface area contributed by atoms with E-state index in [1.54, 1.807) is 16.7 Å². The Morgan fingerprint density at radius 3 is 2.90 bits per heavy atom. The Morgan fingerprint density at radius 1 is 1.43 bits per heavy atom. The fourth-order valence-corrected chi connectivity index (χ4v) is 3.34. The van der Waals surface area contributed by atoms with Gasteiger partial charge in [-0.1, -0.05) is 0 Å². The molecule has 0 fully saturated rings. The van der Waals surface area contributed by atoms with Gasteiger partial charge in [-0.15, -0.1) is 11.3 Å². The fraction of sp³-hybridized carbons (Fsp3) is 0.357. The highest BCUT2D eigenvalue weighted by Crippen LogP contribution is 2.25. The molecule has 5 nitrogen and oxygen atoms in total. The molecule has 0 aromatic carbocycles. The summed E-state index contributed by atoms with van der Waals surface area (Å²) in [5.41, 5.74) is 1.44. The number of thiazole rings is 1. The van der Waals surface area contributed by atoms with Crippen LogP contribution in [-0.4, -0.2) is 28.0 Å². The smallest absolute Gasteiger partial charge is 0.303 e. The highest BCUT2D eigenvalue weighted by molar-refractivity contribution is 7.14. The second kappa shape index (κ2) is 7.33. The van der Waals surface area contributed by atoms with Gasteiger partial charge in [0.1, 0.15) is 10.7 Å². The number of nitrogens with one attached hydrogen (secondary N) is 1. The van der Waals surface area contributed by atoms with Crippen molar-refractivity contribution in [3.63, 3.8) is 0 Å². The first-order chi connectivity index (χ1) is 10.1. The molecular formula is C14H16N2O3S2. The molecule has 2 rings (SSSR count).